The Hall–Kier alpha value is -3.04. The van der Waals surface area contributed by atoms with Crippen molar-refractivity contribution in [2.24, 2.45) is 0 Å². The number of esters is 3. The summed E-state index contributed by atoms with van der Waals surface area (Å²) in [6.07, 6.45) is 0.972. The minimum atomic E-state index is -1.73. The molecule has 10 heteroatoms. The molecule has 0 aliphatic carbocycles. The summed E-state index contributed by atoms with van der Waals surface area (Å²) in [6, 6.07) is 0.875. The molecule has 10 nitrogen and oxygen atoms in total. The van der Waals surface area contributed by atoms with E-state index in [0.717, 1.165) is 19.4 Å². The summed E-state index contributed by atoms with van der Waals surface area (Å²) in [6.45, 7) is 2.95. The number of nitro groups is 1. The Morgan fingerprint density at radius 1 is 1.21 bits per heavy atom. The van der Waals surface area contributed by atoms with Crippen LogP contribution in [0, 0.1) is 10.1 Å². The monoisotopic (exact) mass is 340 g/mol. The average molecular weight is 340 g/mol. The predicted octanol–water partition coefficient (Wildman–Crippen LogP) is 0.986. The maximum atomic E-state index is 12.0. The molecule has 0 atom stereocenters. The minimum Gasteiger partial charge on any atom is -0.465 e. The van der Waals surface area contributed by atoms with Gasteiger partial charge in [0.1, 0.15) is 5.69 Å². The van der Waals surface area contributed by atoms with Gasteiger partial charge in [-0.25, -0.2) is 4.79 Å². The van der Waals surface area contributed by atoms with Gasteiger partial charge in [0.05, 0.1) is 30.8 Å². The van der Waals surface area contributed by atoms with Gasteiger partial charge in [-0.3, -0.25) is 24.7 Å². The molecule has 24 heavy (non-hydrogen) atoms. The fraction of sp³-hybridized carbons (Fsp3) is 0.429. The topological polar surface area (TPSA) is 135 Å². The van der Waals surface area contributed by atoms with Gasteiger partial charge in [-0.1, -0.05) is 0 Å². The van der Waals surface area contributed by atoms with Crippen LogP contribution in [0.2, 0.25) is 0 Å². The van der Waals surface area contributed by atoms with Crippen LogP contribution < -0.4 is 0 Å². The number of carbonyl (C=O) groups excluding carboxylic acids is 3. The zero-order valence-corrected chi connectivity index (χ0v) is 13.3. The molecule has 0 aliphatic rings. The molecule has 0 unspecified atom stereocenters. The molecule has 0 bridgehead atoms. The smallest absolute Gasteiger partial charge is 0.339 e. The summed E-state index contributed by atoms with van der Waals surface area (Å²) in [4.78, 5) is 49.7. The zero-order chi connectivity index (χ0) is 18.3. The lowest BCUT2D eigenvalue weighted by atomic mass is 10.0. The second-order valence-electron chi connectivity index (χ2n) is 4.31. The Bertz CT molecular complexity index is 640. The van der Waals surface area contributed by atoms with Crippen molar-refractivity contribution < 1.29 is 33.5 Å². The van der Waals surface area contributed by atoms with E-state index < -0.39 is 40.1 Å². The maximum absolute atomic E-state index is 12.0. The molecule has 1 aromatic rings. The van der Waals surface area contributed by atoms with Crippen molar-refractivity contribution in [2.75, 3.05) is 20.3 Å². The quantitative estimate of drug-likeness (QED) is 0.234. The van der Waals surface area contributed by atoms with Gasteiger partial charge >= 0.3 is 17.9 Å². The Labute approximate surface area is 136 Å². The molecule has 0 saturated carbocycles. The highest BCUT2D eigenvalue weighted by atomic mass is 16.6. The Morgan fingerprint density at radius 2 is 1.75 bits per heavy atom. The third-order valence-electron chi connectivity index (χ3n) is 2.83. The molecule has 130 valence electrons. The Balaban J connectivity index is 3.45. The summed E-state index contributed by atoms with van der Waals surface area (Å²) >= 11 is 0. The first-order valence-electron chi connectivity index (χ1n) is 6.93. The fourth-order valence-corrected chi connectivity index (χ4v) is 1.83. The predicted molar refractivity (Wildman–Crippen MR) is 78.2 cm³/mol. The molecule has 0 N–H and O–H groups in total. The largest absolute Gasteiger partial charge is 0.465 e. The van der Waals surface area contributed by atoms with E-state index in [2.05, 4.69) is 9.72 Å². The van der Waals surface area contributed by atoms with Crippen LogP contribution in [0.25, 0.3) is 0 Å². The first-order chi connectivity index (χ1) is 11.4. The Morgan fingerprint density at radius 3 is 2.17 bits per heavy atom. The van der Waals surface area contributed by atoms with E-state index in [1.165, 1.54) is 13.8 Å². The summed E-state index contributed by atoms with van der Waals surface area (Å²) < 4.78 is 14.0. The number of hydrogen-bond acceptors (Lipinski definition) is 9. The summed E-state index contributed by atoms with van der Waals surface area (Å²) in [7, 11) is 1.10. The summed E-state index contributed by atoms with van der Waals surface area (Å²) in [5.74, 6) is -4.63. The lowest BCUT2D eigenvalue weighted by Gasteiger charge is -2.14. The lowest BCUT2D eigenvalue weighted by Crippen LogP contribution is -2.28. The number of methoxy groups -OCH3 is 1. The molecule has 0 fully saturated rings. The van der Waals surface area contributed by atoms with E-state index in [0.29, 0.717) is 0 Å². The highest BCUT2D eigenvalue weighted by molar-refractivity contribution is 6.01. The summed E-state index contributed by atoms with van der Waals surface area (Å²) in [5, 5.41) is 11.3. The number of pyridine rings is 1. The van der Waals surface area contributed by atoms with E-state index in [9.17, 15) is 24.5 Å². The van der Waals surface area contributed by atoms with Gasteiger partial charge in [-0.05, 0) is 13.8 Å². The third-order valence-corrected chi connectivity index (χ3v) is 2.83. The van der Waals surface area contributed by atoms with Crippen LogP contribution >= 0.6 is 0 Å². The van der Waals surface area contributed by atoms with Crippen LogP contribution in [0.4, 0.5) is 5.69 Å². The van der Waals surface area contributed by atoms with Crippen LogP contribution in [0.15, 0.2) is 12.3 Å². The van der Waals surface area contributed by atoms with Gasteiger partial charge in [-0.15, -0.1) is 0 Å². The standard InChI is InChI=1S/C14H16N2O8/c1-4-23-13(18)10(14(19)24-5-2)11-9(16(20)21)6-8(7-15-11)12(17)22-3/h6-7,10H,4-5H2,1-3H3. The van der Waals surface area contributed by atoms with E-state index in [4.69, 9.17) is 9.47 Å². The van der Waals surface area contributed by atoms with Crippen molar-refractivity contribution in [1.29, 1.82) is 0 Å². The SMILES string of the molecule is CCOC(=O)C(C(=O)OCC)c1ncc(C(=O)OC)cc1[N+](=O)[O-]. The molecule has 0 aliphatic heterocycles. The number of carbonyl (C=O) groups is 3. The first kappa shape index (κ1) is 19.0. The van der Waals surface area contributed by atoms with Crippen molar-refractivity contribution in [3.63, 3.8) is 0 Å². The van der Waals surface area contributed by atoms with E-state index in [1.54, 1.807) is 0 Å². The van der Waals surface area contributed by atoms with Crippen molar-refractivity contribution in [1.82, 2.24) is 4.98 Å². The zero-order valence-electron chi connectivity index (χ0n) is 13.3. The normalized spacial score (nSPS) is 10.2. The van der Waals surface area contributed by atoms with Crippen LogP contribution in [0.5, 0.6) is 0 Å². The third kappa shape index (κ3) is 4.24. The van der Waals surface area contributed by atoms with Crippen LogP contribution in [-0.4, -0.2) is 48.1 Å². The molecule has 1 heterocycles. The highest BCUT2D eigenvalue weighted by Crippen LogP contribution is 2.28. The van der Waals surface area contributed by atoms with Gasteiger partial charge < -0.3 is 14.2 Å². The number of aromatic nitrogens is 1. The maximum Gasteiger partial charge on any atom is 0.339 e. The number of ether oxygens (including phenoxy) is 3. The molecule has 1 rings (SSSR count). The summed E-state index contributed by atoms with van der Waals surface area (Å²) in [5.41, 5.74) is -1.35. The van der Waals surface area contributed by atoms with E-state index >= 15 is 0 Å². The molecule has 1 aromatic heterocycles. The molecule has 0 saturated heterocycles. The molecule has 0 spiro atoms. The number of rotatable bonds is 7. The average Bonchev–Trinajstić information content (AvgIpc) is 2.54. The van der Waals surface area contributed by atoms with Crippen molar-refractivity contribution in [3.8, 4) is 0 Å². The molecule has 0 amide bonds. The molecular formula is C14H16N2O8. The van der Waals surface area contributed by atoms with Crippen molar-refractivity contribution in [2.45, 2.75) is 19.8 Å². The molecular weight excluding hydrogens is 324 g/mol. The second kappa shape index (κ2) is 8.56. The second-order valence-corrected chi connectivity index (χ2v) is 4.31. The van der Waals surface area contributed by atoms with E-state index in [-0.39, 0.29) is 18.8 Å². The van der Waals surface area contributed by atoms with Gasteiger partial charge in [0, 0.05) is 12.3 Å². The van der Waals surface area contributed by atoms with Gasteiger partial charge in [0.25, 0.3) is 5.69 Å². The van der Waals surface area contributed by atoms with Crippen molar-refractivity contribution >= 4 is 23.6 Å². The first-order valence-corrected chi connectivity index (χ1v) is 6.93. The fourth-order valence-electron chi connectivity index (χ4n) is 1.83. The van der Waals surface area contributed by atoms with Crippen LogP contribution in [0.1, 0.15) is 35.8 Å². The van der Waals surface area contributed by atoms with Crippen LogP contribution in [-0.2, 0) is 23.8 Å². The number of hydrogen-bond donors (Lipinski definition) is 0. The number of nitrogens with zero attached hydrogens (tertiary/aromatic N) is 2. The van der Waals surface area contributed by atoms with Gasteiger partial charge in [-0.2, -0.15) is 0 Å². The van der Waals surface area contributed by atoms with Crippen LogP contribution in [0.3, 0.4) is 0 Å². The van der Waals surface area contributed by atoms with Gasteiger partial charge in [0.2, 0.25) is 5.92 Å². The molecule has 0 aromatic carbocycles. The molecule has 0 radical (unpaired) electrons. The highest BCUT2D eigenvalue weighted by Gasteiger charge is 2.38. The van der Waals surface area contributed by atoms with Gasteiger partial charge in [0.15, 0.2) is 0 Å². The minimum absolute atomic E-state index is 0.0389. The lowest BCUT2D eigenvalue weighted by molar-refractivity contribution is -0.386. The van der Waals surface area contributed by atoms with E-state index in [1.807, 2.05) is 0 Å². The Kier molecular flexibility index (Phi) is 6.78. The van der Waals surface area contributed by atoms with Crippen molar-refractivity contribution in [3.05, 3.63) is 33.6 Å².